The van der Waals surface area contributed by atoms with Crippen LogP contribution in [0, 0.1) is 0 Å². The van der Waals surface area contributed by atoms with Gasteiger partial charge in [0.25, 0.3) is 11.8 Å². The Kier molecular flexibility index (Phi) is 8.10. The van der Waals surface area contributed by atoms with Crippen LogP contribution in [0.1, 0.15) is 55.3 Å². The molecule has 0 unspecified atom stereocenters. The number of benzene rings is 2. The first kappa shape index (κ1) is 31.6. The molecule has 1 aromatic heterocycles. The van der Waals surface area contributed by atoms with Crippen molar-refractivity contribution in [2.45, 2.75) is 38.1 Å². The first-order valence-corrected chi connectivity index (χ1v) is 15.6. The number of aromatic carboxylic acids is 1. The Morgan fingerprint density at radius 1 is 0.755 bits per heavy atom. The first-order chi connectivity index (χ1) is 23.6. The molecule has 0 bridgehead atoms. The van der Waals surface area contributed by atoms with Gasteiger partial charge in [0.15, 0.2) is 23.0 Å². The Hall–Kier alpha value is -5.98. The molecule has 0 aliphatic carbocycles. The summed E-state index contributed by atoms with van der Waals surface area (Å²) in [6.07, 6.45) is 4.80. The van der Waals surface area contributed by atoms with Gasteiger partial charge in [0.1, 0.15) is 13.2 Å². The number of amides is 2. The molecule has 7 rings (SSSR count). The molecular formula is C36H33N5O8. The average molecular weight is 664 g/mol. The largest absolute Gasteiger partial charge is 0.493 e. The third-order valence-corrected chi connectivity index (χ3v) is 8.83. The predicted octanol–water partition coefficient (Wildman–Crippen LogP) is 4.93. The number of ether oxygens (including phenoxy) is 4. The van der Waals surface area contributed by atoms with Crippen LogP contribution in [0.4, 0.5) is 11.4 Å². The Labute approximate surface area is 281 Å². The van der Waals surface area contributed by atoms with Crippen molar-refractivity contribution in [2.24, 2.45) is 9.98 Å². The van der Waals surface area contributed by atoms with Gasteiger partial charge >= 0.3 is 5.97 Å². The summed E-state index contributed by atoms with van der Waals surface area (Å²) in [4.78, 5) is 55.8. The Morgan fingerprint density at radius 3 is 1.61 bits per heavy atom. The summed E-state index contributed by atoms with van der Waals surface area (Å²) in [5.41, 5.74) is 4.22. The smallest absolute Gasteiger partial charge is 0.335 e. The highest BCUT2D eigenvalue weighted by Crippen LogP contribution is 2.40. The molecule has 1 N–H and O–H groups in total. The number of aliphatic imine (C=N–C) groups is 2. The van der Waals surface area contributed by atoms with Gasteiger partial charge in [0.05, 0.1) is 65.8 Å². The number of pyridine rings is 1. The molecule has 250 valence electrons. The third kappa shape index (κ3) is 5.99. The van der Waals surface area contributed by atoms with E-state index < -0.39 is 5.97 Å². The van der Waals surface area contributed by atoms with Crippen LogP contribution in [0.3, 0.4) is 0 Å². The highest BCUT2D eigenvalue weighted by Gasteiger charge is 2.35. The Balaban J connectivity index is 1.11. The van der Waals surface area contributed by atoms with Gasteiger partial charge in [-0.1, -0.05) is 24.3 Å². The first-order valence-electron chi connectivity index (χ1n) is 15.6. The summed E-state index contributed by atoms with van der Waals surface area (Å²) in [5.74, 6) is -0.227. The van der Waals surface area contributed by atoms with Gasteiger partial charge in [-0.15, -0.1) is 0 Å². The fraction of sp³-hybridized carbons (Fsp3) is 0.278. The van der Waals surface area contributed by atoms with E-state index in [1.54, 1.807) is 46.5 Å². The number of nitrogens with zero attached hydrogens (tertiary/aromatic N) is 5. The van der Waals surface area contributed by atoms with Crippen molar-refractivity contribution in [3.05, 3.63) is 88.8 Å². The van der Waals surface area contributed by atoms with Crippen molar-refractivity contribution >= 4 is 41.6 Å². The number of methoxy groups -OCH3 is 2. The monoisotopic (exact) mass is 663 g/mol. The van der Waals surface area contributed by atoms with Gasteiger partial charge in [-0.3, -0.25) is 24.6 Å². The lowest BCUT2D eigenvalue weighted by Crippen LogP contribution is -2.35. The molecule has 5 heterocycles. The second kappa shape index (κ2) is 12.6. The van der Waals surface area contributed by atoms with Crippen molar-refractivity contribution in [1.29, 1.82) is 0 Å². The standard InChI is InChI=1S/C36H33N5O8/c1-19-5-24-13-37-28-11-32(30(46-3)9-26(28)34(42)40(24)15-19)48-17-22-7-21(36(44)45)8-23(39-22)18-49-33-12-29-27(10-31(33)47-4)35(43)41-16-20(2)6-25(41)14-38-29/h7-14,24-25H,1-2,5-6,15-18H2,3-4H3,(H,44,45)/t24-,25-/m0/s1. The van der Waals surface area contributed by atoms with Crippen LogP contribution in [-0.4, -0.2) is 89.5 Å². The van der Waals surface area contributed by atoms with Crippen LogP contribution in [-0.2, 0) is 13.2 Å². The maximum Gasteiger partial charge on any atom is 0.335 e. The van der Waals surface area contributed by atoms with E-state index in [0.29, 0.717) is 82.8 Å². The average Bonchev–Trinajstić information content (AvgIpc) is 3.60. The lowest BCUT2D eigenvalue weighted by molar-refractivity contribution is 0.0694. The van der Waals surface area contributed by atoms with Gasteiger partial charge in [-0.05, 0) is 37.1 Å². The molecule has 2 amide bonds. The van der Waals surface area contributed by atoms with Crippen LogP contribution < -0.4 is 18.9 Å². The molecule has 0 saturated carbocycles. The molecule has 4 aliphatic heterocycles. The number of carbonyl (C=O) groups excluding carboxylic acids is 2. The number of carbonyl (C=O) groups is 3. The summed E-state index contributed by atoms with van der Waals surface area (Å²) < 4.78 is 23.2. The molecule has 13 nitrogen and oxygen atoms in total. The van der Waals surface area contributed by atoms with E-state index in [2.05, 4.69) is 28.1 Å². The number of carboxylic acid groups (broad SMARTS) is 1. The van der Waals surface area contributed by atoms with E-state index in [4.69, 9.17) is 18.9 Å². The summed E-state index contributed by atoms with van der Waals surface area (Å²) in [6, 6.07) is 8.95. The fourth-order valence-corrected chi connectivity index (χ4v) is 6.43. The van der Waals surface area contributed by atoms with Crippen LogP contribution in [0.5, 0.6) is 23.0 Å². The molecule has 0 spiro atoms. The molecule has 13 heteroatoms. The van der Waals surface area contributed by atoms with E-state index in [1.165, 1.54) is 26.4 Å². The van der Waals surface area contributed by atoms with Crippen LogP contribution >= 0.6 is 0 Å². The lowest BCUT2D eigenvalue weighted by Gasteiger charge is -2.20. The molecule has 2 saturated heterocycles. The van der Waals surface area contributed by atoms with Crippen molar-refractivity contribution in [1.82, 2.24) is 14.8 Å². The summed E-state index contributed by atoms with van der Waals surface area (Å²) in [5, 5.41) is 9.84. The molecule has 2 aromatic carbocycles. The number of aromatic nitrogens is 1. The minimum atomic E-state index is -1.15. The van der Waals surface area contributed by atoms with Crippen molar-refractivity contribution in [3.63, 3.8) is 0 Å². The number of carboxylic acids is 1. The van der Waals surface area contributed by atoms with Gasteiger partial charge in [0, 0.05) is 37.7 Å². The van der Waals surface area contributed by atoms with E-state index in [-0.39, 0.29) is 42.7 Å². The fourth-order valence-electron chi connectivity index (χ4n) is 6.43. The highest BCUT2D eigenvalue weighted by atomic mass is 16.5. The van der Waals surface area contributed by atoms with Gasteiger partial charge in [0.2, 0.25) is 0 Å². The second-order valence-electron chi connectivity index (χ2n) is 12.2. The highest BCUT2D eigenvalue weighted by molar-refractivity contribution is 6.04. The zero-order valence-corrected chi connectivity index (χ0v) is 27.0. The summed E-state index contributed by atoms with van der Waals surface area (Å²) in [6.45, 7) is 8.74. The zero-order chi connectivity index (χ0) is 34.4. The quantitative estimate of drug-likeness (QED) is 0.314. The van der Waals surface area contributed by atoms with Gasteiger partial charge in [-0.25, -0.2) is 4.79 Å². The Morgan fingerprint density at radius 2 is 1.20 bits per heavy atom. The van der Waals surface area contributed by atoms with E-state index in [0.717, 1.165) is 11.1 Å². The zero-order valence-electron chi connectivity index (χ0n) is 27.0. The minimum absolute atomic E-state index is 0.00950. The predicted molar refractivity (Wildman–Crippen MR) is 179 cm³/mol. The van der Waals surface area contributed by atoms with Crippen LogP contribution in [0.15, 0.2) is 70.7 Å². The summed E-state index contributed by atoms with van der Waals surface area (Å²) >= 11 is 0. The topological polar surface area (TPSA) is 152 Å². The third-order valence-electron chi connectivity index (χ3n) is 8.83. The van der Waals surface area contributed by atoms with Crippen molar-refractivity contribution in [2.75, 3.05) is 27.3 Å². The van der Waals surface area contributed by atoms with E-state index in [1.807, 2.05) is 0 Å². The van der Waals surface area contributed by atoms with Crippen LogP contribution in [0.2, 0.25) is 0 Å². The maximum atomic E-state index is 13.3. The molecule has 4 aliphatic rings. The molecule has 0 radical (unpaired) electrons. The lowest BCUT2D eigenvalue weighted by atomic mass is 10.1. The van der Waals surface area contributed by atoms with Crippen molar-refractivity contribution in [3.8, 4) is 23.0 Å². The molecule has 3 aromatic rings. The molecule has 2 atom stereocenters. The number of hydrogen-bond donors (Lipinski definition) is 1. The molecule has 49 heavy (non-hydrogen) atoms. The number of fused-ring (bicyclic) bond motifs is 4. The van der Waals surface area contributed by atoms with Crippen LogP contribution in [0.25, 0.3) is 0 Å². The number of hydrogen-bond acceptors (Lipinski definition) is 10. The van der Waals surface area contributed by atoms with Gasteiger partial charge in [-0.2, -0.15) is 0 Å². The van der Waals surface area contributed by atoms with E-state index in [9.17, 15) is 19.5 Å². The SMILES string of the molecule is C=C1C[C@H]2C=Nc3cc(OCc4cc(C(=O)O)cc(COc5cc6c(cc5OC)C(=O)N5CC(=C)C[C@H]5C=N6)n4)c(OC)cc3C(=O)N2C1. The molecular weight excluding hydrogens is 630 g/mol. The Bertz CT molecular complexity index is 1870. The maximum absolute atomic E-state index is 13.3. The minimum Gasteiger partial charge on any atom is -0.493 e. The van der Waals surface area contributed by atoms with E-state index >= 15 is 0 Å². The van der Waals surface area contributed by atoms with Gasteiger partial charge < -0.3 is 33.9 Å². The number of rotatable bonds is 9. The second-order valence-corrected chi connectivity index (χ2v) is 12.2. The summed E-state index contributed by atoms with van der Waals surface area (Å²) in [7, 11) is 2.94. The molecule has 2 fully saturated rings. The normalized spacial score (nSPS) is 19.1. The van der Waals surface area contributed by atoms with Crippen molar-refractivity contribution < 1.29 is 38.4 Å².